The molecule has 42 heavy (non-hydrogen) atoms. The second-order valence-electron chi connectivity index (χ2n) is 11.4. The van der Waals surface area contributed by atoms with Gasteiger partial charge in [0.2, 0.25) is 0 Å². The van der Waals surface area contributed by atoms with Crippen molar-refractivity contribution in [3.63, 3.8) is 0 Å². The van der Waals surface area contributed by atoms with Gasteiger partial charge in [-0.05, 0) is 49.0 Å². The lowest BCUT2D eigenvalue weighted by Gasteiger charge is -2.20. The van der Waals surface area contributed by atoms with Crippen LogP contribution >= 0.6 is 0 Å². The van der Waals surface area contributed by atoms with E-state index in [4.69, 9.17) is 15.0 Å². The summed E-state index contributed by atoms with van der Waals surface area (Å²) in [5.74, 6) is 2.48. The summed E-state index contributed by atoms with van der Waals surface area (Å²) in [5.41, 5.74) is 3.61. The largest absolute Gasteiger partial charge is 0.217 e. The Morgan fingerprint density at radius 1 is 0.333 bits per heavy atom. The van der Waals surface area contributed by atoms with E-state index in [0.717, 1.165) is 17.5 Å². The first-order chi connectivity index (χ1) is 20.5. The molecule has 0 aliphatic heterocycles. The summed E-state index contributed by atoms with van der Waals surface area (Å²) >= 11 is 0. The van der Waals surface area contributed by atoms with Crippen molar-refractivity contribution >= 4 is 32.3 Å². The lowest BCUT2D eigenvalue weighted by molar-refractivity contribution is 0.677. The van der Waals surface area contributed by atoms with Gasteiger partial charge in [0, 0.05) is 17.8 Å². The Labute approximate surface area is 246 Å². The highest BCUT2D eigenvalue weighted by molar-refractivity contribution is 5.84. The van der Waals surface area contributed by atoms with E-state index in [0.29, 0.717) is 0 Å². The predicted octanol–water partition coefficient (Wildman–Crippen LogP) is 9.79. The molecule has 7 rings (SSSR count). The fourth-order valence-corrected chi connectivity index (χ4v) is 5.89. The quantitative estimate of drug-likeness (QED) is 0.209. The lowest BCUT2D eigenvalue weighted by Crippen LogP contribution is -2.15. The fourth-order valence-electron chi connectivity index (χ4n) is 5.89. The van der Waals surface area contributed by atoms with Crippen LogP contribution in [0.5, 0.6) is 0 Å². The number of aromatic nitrogens is 3. The third-order valence-electron chi connectivity index (χ3n) is 8.67. The smallest absolute Gasteiger partial charge is 0.139 e. The van der Waals surface area contributed by atoms with Crippen LogP contribution in [0.15, 0.2) is 127 Å². The molecule has 0 saturated carbocycles. The van der Waals surface area contributed by atoms with Crippen molar-refractivity contribution in [1.82, 2.24) is 15.0 Å². The standard InChI is InChI=1S/C39H33N3/c1-25(31-19-16-28-10-4-7-13-34(28)22-31)37-40-38(26(2)32-20-17-29-11-5-8-14-35(29)23-32)42-39(41-37)27(3)33-21-18-30-12-6-9-15-36(30)24-33/h4-27H,1-3H3. The summed E-state index contributed by atoms with van der Waals surface area (Å²) in [4.78, 5) is 15.4. The zero-order chi connectivity index (χ0) is 28.6. The highest BCUT2D eigenvalue weighted by Gasteiger charge is 2.22. The highest BCUT2D eigenvalue weighted by atomic mass is 15.0. The minimum absolute atomic E-state index is 0.0164. The number of nitrogens with zero attached hydrogens (tertiary/aromatic N) is 3. The number of benzene rings is 6. The van der Waals surface area contributed by atoms with Crippen molar-refractivity contribution < 1.29 is 0 Å². The lowest BCUT2D eigenvalue weighted by atomic mass is 9.94. The van der Waals surface area contributed by atoms with Gasteiger partial charge in [-0.1, -0.05) is 148 Å². The van der Waals surface area contributed by atoms with E-state index in [1.165, 1.54) is 49.0 Å². The minimum atomic E-state index is 0.0164. The molecular weight excluding hydrogens is 510 g/mol. The van der Waals surface area contributed by atoms with E-state index < -0.39 is 0 Å². The molecule has 0 aliphatic rings. The molecular formula is C39H33N3. The van der Waals surface area contributed by atoms with Crippen LogP contribution < -0.4 is 0 Å². The Morgan fingerprint density at radius 2 is 0.595 bits per heavy atom. The van der Waals surface area contributed by atoms with E-state index in [-0.39, 0.29) is 17.8 Å². The van der Waals surface area contributed by atoms with Crippen LogP contribution in [-0.4, -0.2) is 15.0 Å². The molecule has 0 N–H and O–H groups in total. The first kappa shape index (κ1) is 26.0. The van der Waals surface area contributed by atoms with Gasteiger partial charge in [-0.15, -0.1) is 0 Å². The predicted molar refractivity (Wildman–Crippen MR) is 174 cm³/mol. The van der Waals surface area contributed by atoms with Crippen LogP contribution in [0.1, 0.15) is 72.7 Å². The van der Waals surface area contributed by atoms with Crippen LogP contribution in [0, 0.1) is 0 Å². The molecule has 0 fully saturated rings. The SMILES string of the molecule is CC(c1ccc2ccccc2c1)c1nc(C(C)c2ccc3ccccc3c2)nc(C(C)c2ccc3ccccc3c2)n1. The van der Waals surface area contributed by atoms with Crippen LogP contribution in [0.2, 0.25) is 0 Å². The second kappa shape index (κ2) is 10.8. The normalized spacial score (nSPS) is 13.8. The molecule has 3 heteroatoms. The number of hydrogen-bond donors (Lipinski definition) is 0. The van der Waals surface area contributed by atoms with Crippen LogP contribution in [0.3, 0.4) is 0 Å². The number of hydrogen-bond acceptors (Lipinski definition) is 3. The van der Waals surface area contributed by atoms with E-state index in [2.05, 4.69) is 148 Å². The van der Waals surface area contributed by atoms with Crippen LogP contribution in [0.25, 0.3) is 32.3 Å². The molecule has 3 unspecified atom stereocenters. The molecule has 0 radical (unpaired) electrons. The molecule has 0 saturated heterocycles. The average molecular weight is 544 g/mol. The number of fused-ring (bicyclic) bond motifs is 3. The molecule has 6 aromatic carbocycles. The van der Waals surface area contributed by atoms with Gasteiger partial charge in [0.15, 0.2) is 0 Å². The molecule has 1 aromatic heterocycles. The summed E-state index contributed by atoms with van der Waals surface area (Å²) in [7, 11) is 0. The molecule has 1 heterocycles. The molecule has 0 bridgehead atoms. The van der Waals surface area contributed by atoms with Crippen molar-refractivity contribution in [3.05, 3.63) is 162 Å². The topological polar surface area (TPSA) is 38.7 Å². The van der Waals surface area contributed by atoms with E-state index in [9.17, 15) is 0 Å². The van der Waals surface area contributed by atoms with Crippen LogP contribution in [-0.2, 0) is 0 Å². The average Bonchev–Trinajstić information content (AvgIpc) is 3.06. The molecule has 0 spiro atoms. The molecule has 0 aliphatic carbocycles. The first-order valence-electron chi connectivity index (χ1n) is 14.8. The zero-order valence-electron chi connectivity index (χ0n) is 24.2. The minimum Gasteiger partial charge on any atom is -0.217 e. The van der Waals surface area contributed by atoms with Crippen LogP contribution in [0.4, 0.5) is 0 Å². The zero-order valence-corrected chi connectivity index (χ0v) is 24.2. The maximum Gasteiger partial charge on any atom is 0.139 e. The van der Waals surface area contributed by atoms with Crippen molar-refractivity contribution in [2.24, 2.45) is 0 Å². The van der Waals surface area contributed by atoms with Gasteiger partial charge in [0.25, 0.3) is 0 Å². The summed E-state index contributed by atoms with van der Waals surface area (Å²) in [6.45, 7) is 6.61. The van der Waals surface area contributed by atoms with E-state index in [1.54, 1.807) is 0 Å². The van der Waals surface area contributed by atoms with Gasteiger partial charge in [-0.2, -0.15) is 0 Å². The monoisotopic (exact) mass is 543 g/mol. The third-order valence-corrected chi connectivity index (χ3v) is 8.67. The summed E-state index contributed by atoms with van der Waals surface area (Å²) in [6.07, 6.45) is 0. The maximum absolute atomic E-state index is 5.15. The third kappa shape index (κ3) is 4.92. The Kier molecular flexibility index (Phi) is 6.71. The van der Waals surface area contributed by atoms with Crippen molar-refractivity contribution in [2.75, 3.05) is 0 Å². The second-order valence-corrected chi connectivity index (χ2v) is 11.4. The van der Waals surface area contributed by atoms with E-state index >= 15 is 0 Å². The van der Waals surface area contributed by atoms with Crippen molar-refractivity contribution in [2.45, 2.75) is 38.5 Å². The summed E-state index contributed by atoms with van der Waals surface area (Å²) in [5, 5.41) is 7.39. The number of rotatable bonds is 6. The molecule has 204 valence electrons. The summed E-state index contributed by atoms with van der Waals surface area (Å²) < 4.78 is 0. The Bertz CT molecular complexity index is 1810. The molecule has 7 aromatic rings. The van der Waals surface area contributed by atoms with Crippen molar-refractivity contribution in [3.8, 4) is 0 Å². The van der Waals surface area contributed by atoms with Gasteiger partial charge in [-0.3, -0.25) is 0 Å². The van der Waals surface area contributed by atoms with Gasteiger partial charge < -0.3 is 0 Å². The van der Waals surface area contributed by atoms with Gasteiger partial charge >= 0.3 is 0 Å². The first-order valence-corrected chi connectivity index (χ1v) is 14.8. The molecule has 0 amide bonds. The Balaban J connectivity index is 1.33. The fraction of sp³-hybridized carbons (Fsp3) is 0.154. The molecule has 3 atom stereocenters. The van der Waals surface area contributed by atoms with Gasteiger partial charge in [0.1, 0.15) is 17.5 Å². The van der Waals surface area contributed by atoms with Gasteiger partial charge in [-0.25, -0.2) is 15.0 Å². The van der Waals surface area contributed by atoms with Crippen molar-refractivity contribution in [1.29, 1.82) is 0 Å². The highest BCUT2D eigenvalue weighted by Crippen LogP contribution is 2.32. The Morgan fingerprint density at radius 3 is 0.881 bits per heavy atom. The Hall–Kier alpha value is -4.89. The van der Waals surface area contributed by atoms with Gasteiger partial charge in [0.05, 0.1) is 0 Å². The molecule has 3 nitrogen and oxygen atoms in total. The summed E-state index contributed by atoms with van der Waals surface area (Å²) in [6, 6.07) is 45.5. The maximum atomic E-state index is 5.15. The van der Waals surface area contributed by atoms with E-state index in [1.807, 2.05) is 0 Å².